The minimum absolute atomic E-state index is 0.0694. The van der Waals surface area contributed by atoms with Crippen molar-refractivity contribution in [3.8, 4) is 0 Å². The maximum Gasteiger partial charge on any atom is 0.253 e. The average Bonchev–Trinajstić information content (AvgIpc) is 2.92. The Morgan fingerprint density at radius 2 is 2.38 bits per heavy atom. The van der Waals surface area contributed by atoms with Crippen LogP contribution in [0, 0.1) is 0 Å². The lowest BCUT2D eigenvalue weighted by atomic mass is 10.1. The molecule has 6 heteroatoms. The number of anilines is 1. The molecule has 1 aromatic rings. The molecule has 0 spiro atoms. The number of rotatable bonds is 3. The van der Waals surface area contributed by atoms with Crippen molar-refractivity contribution >= 4 is 27.5 Å². The number of nitrogens with two attached hydrogens (primary N) is 1. The smallest absolute Gasteiger partial charge is 0.253 e. The highest BCUT2D eigenvalue weighted by molar-refractivity contribution is 9.10. The van der Waals surface area contributed by atoms with Crippen LogP contribution in [0.5, 0.6) is 0 Å². The summed E-state index contributed by atoms with van der Waals surface area (Å²) in [6, 6.07) is 5.87. The van der Waals surface area contributed by atoms with Crippen LogP contribution >= 0.6 is 15.9 Å². The van der Waals surface area contributed by atoms with Gasteiger partial charge in [-0.25, -0.2) is 0 Å². The first-order chi connectivity index (χ1) is 10.1. The van der Waals surface area contributed by atoms with E-state index in [0.29, 0.717) is 23.8 Å². The van der Waals surface area contributed by atoms with Crippen molar-refractivity contribution in [3.05, 3.63) is 28.2 Å². The minimum Gasteiger partial charge on any atom is -0.398 e. The molecule has 0 bridgehead atoms. The Labute approximate surface area is 132 Å². The lowest BCUT2D eigenvalue weighted by molar-refractivity contribution is -0.0461. The topological polar surface area (TPSA) is 67.6 Å². The summed E-state index contributed by atoms with van der Waals surface area (Å²) in [7, 11) is 0. The molecule has 21 heavy (non-hydrogen) atoms. The number of fused-ring (bicyclic) bond motifs is 1. The minimum atomic E-state index is -0.146. The van der Waals surface area contributed by atoms with Gasteiger partial charge in [0.15, 0.2) is 0 Å². The first-order valence-electron chi connectivity index (χ1n) is 7.32. The van der Waals surface area contributed by atoms with Gasteiger partial charge in [0.25, 0.3) is 5.91 Å². The summed E-state index contributed by atoms with van der Waals surface area (Å²) in [6.45, 7) is 3.36. The molecule has 2 heterocycles. The number of halogens is 1. The molecule has 5 nitrogen and oxygen atoms in total. The average molecular weight is 354 g/mol. The summed E-state index contributed by atoms with van der Waals surface area (Å²) in [6.07, 6.45) is 2.55. The molecule has 3 N–H and O–H groups in total. The van der Waals surface area contributed by atoms with Crippen LogP contribution in [0.15, 0.2) is 22.7 Å². The molecule has 0 aromatic heterocycles. The Morgan fingerprint density at radius 1 is 1.52 bits per heavy atom. The van der Waals surface area contributed by atoms with Gasteiger partial charge in [0.2, 0.25) is 0 Å². The van der Waals surface area contributed by atoms with Crippen LogP contribution in [-0.4, -0.2) is 49.2 Å². The molecule has 1 amide bonds. The molecule has 2 atom stereocenters. The van der Waals surface area contributed by atoms with E-state index in [2.05, 4.69) is 26.1 Å². The van der Waals surface area contributed by atoms with Crippen molar-refractivity contribution < 1.29 is 9.53 Å². The van der Waals surface area contributed by atoms with Gasteiger partial charge in [-0.1, -0.05) is 15.9 Å². The zero-order chi connectivity index (χ0) is 14.8. The van der Waals surface area contributed by atoms with Gasteiger partial charge in [0, 0.05) is 29.3 Å². The summed E-state index contributed by atoms with van der Waals surface area (Å²) in [5.74, 6) is -0.146. The van der Waals surface area contributed by atoms with Crippen molar-refractivity contribution in [1.29, 1.82) is 0 Å². The predicted octanol–water partition coefficient (Wildman–Crippen LogP) is 1.62. The van der Waals surface area contributed by atoms with E-state index >= 15 is 0 Å². The summed E-state index contributed by atoms with van der Waals surface area (Å²) < 4.78 is 6.70. The number of morpholine rings is 1. The van der Waals surface area contributed by atoms with Crippen LogP contribution < -0.4 is 11.1 Å². The first kappa shape index (κ1) is 14.8. The van der Waals surface area contributed by atoms with E-state index in [-0.39, 0.29) is 12.0 Å². The van der Waals surface area contributed by atoms with Crippen molar-refractivity contribution in [2.24, 2.45) is 0 Å². The second-order valence-electron chi connectivity index (χ2n) is 5.69. The molecule has 114 valence electrons. The molecule has 2 aliphatic heterocycles. The monoisotopic (exact) mass is 353 g/mol. The third-order valence-electron chi connectivity index (χ3n) is 4.21. The zero-order valence-electron chi connectivity index (χ0n) is 11.8. The highest BCUT2D eigenvalue weighted by Gasteiger charge is 2.32. The molecular weight excluding hydrogens is 334 g/mol. The van der Waals surface area contributed by atoms with Crippen LogP contribution in [0.25, 0.3) is 0 Å². The summed E-state index contributed by atoms with van der Waals surface area (Å²) in [4.78, 5) is 14.6. The maximum absolute atomic E-state index is 12.2. The third kappa shape index (κ3) is 3.39. The molecule has 0 aliphatic carbocycles. The Morgan fingerprint density at radius 3 is 3.19 bits per heavy atom. The number of carbonyl (C=O) groups is 1. The molecule has 2 unspecified atom stereocenters. The van der Waals surface area contributed by atoms with Gasteiger partial charge in [-0.3, -0.25) is 9.69 Å². The number of ether oxygens (including phenoxy) is 1. The van der Waals surface area contributed by atoms with Crippen LogP contribution in [0.3, 0.4) is 0 Å². The SMILES string of the molecule is Nc1cc(Br)ccc1C(=O)NCC1CN2CCCC2CO1. The Kier molecular flexibility index (Phi) is 4.47. The fourth-order valence-electron chi connectivity index (χ4n) is 3.05. The zero-order valence-corrected chi connectivity index (χ0v) is 13.4. The fourth-order valence-corrected chi connectivity index (χ4v) is 3.43. The van der Waals surface area contributed by atoms with Gasteiger partial charge in [-0.05, 0) is 37.6 Å². The molecule has 3 rings (SSSR count). The third-order valence-corrected chi connectivity index (χ3v) is 4.70. The molecule has 0 radical (unpaired) electrons. The normalized spacial score (nSPS) is 25.6. The van der Waals surface area contributed by atoms with E-state index in [1.165, 1.54) is 12.8 Å². The lowest BCUT2D eigenvalue weighted by Gasteiger charge is -2.35. The number of nitrogens with zero attached hydrogens (tertiary/aromatic N) is 1. The maximum atomic E-state index is 12.2. The van der Waals surface area contributed by atoms with Crippen molar-refractivity contribution in [2.75, 3.05) is 32.0 Å². The molecule has 2 saturated heterocycles. The summed E-state index contributed by atoms with van der Waals surface area (Å²) >= 11 is 3.34. The summed E-state index contributed by atoms with van der Waals surface area (Å²) in [5, 5.41) is 2.92. The van der Waals surface area contributed by atoms with Crippen LogP contribution in [0.1, 0.15) is 23.2 Å². The number of nitrogens with one attached hydrogen (secondary N) is 1. The molecular formula is C15H20BrN3O2. The second kappa shape index (κ2) is 6.34. The quantitative estimate of drug-likeness (QED) is 0.810. The summed E-state index contributed by atoms with van der Waals surface area (Å²) in [5.41, 5.74) is 6.86. The van der Waals surface area contributed by atoms with Crippen molar-refractivity contribution in [1.82, 2.24) is 10.2 Å². The molecule has 2 fully saturated rings. The number of hydrogen-bond acceptors (Lipinski definition) is 4. The van der Waals surface area contributed by atoms with E-state index in [4.69, 9.17) is 10.5 Å². The van der Waals surface area contributed by atoms with Crippen LogP contribution in [0.4, 0.5) is 5.69 Å². The highest BCUT2D eigenvalue weighted by Crippen LogP contribution is 2.22. The van der Waals surface area contributed by atoms with Gasteiger partial charge >= 0.3 is 0 Å². The van der Waals surface area contributed by atoms with Gasteiger partial charge in [-0.15, -0.1) is 0 Å². The number of benzene rings is 1. The number of carbonyl (C=O) groups excluding carboxylic acids is 1. The van der Waals surface area contributed by atoms with E-state index in [0.717, 1.165) is 24.2 Å². The Hall–Kier alpha value is -1.11. The molecule has 2 aliphatic rings. The van der Waals surface area contributed by atoms with E-state index < -0.39 is 0 Å². The highest BCUT2D eigenvalue weighted by atomic mass is 79.9. The lowest BCUT2D eigenvalue weighted by Crippen LogP contribution is -2.50. The second-order valence-corrected chi connectivity index (χ2v) is 6.60. The Balaban J connectivity index is 1.54. The van der Waals surface area contributed by atoms with E-state index in [1.54, 1.807) is 12.1 Å². The number of nitrogen functional groups attached to an aromatic ring is 1. The van der Waals surface area contributed by atoms with E-state index in [9.17, 15) is 4.79 Å². The largest absolute Gasteiger partial charge is 0.398 e. The Bertz CT molecular complexity index is 538. The number of hydrogen-bond donors (Lipinski definition) is 2. The standard InChI is InChI=1S/C15H20BrN3O2/c16-10-3-4-13(14(17)6-10)15(20)18-7-12-8-19-5-1-2-11(19)9-21-12/h3-4,6,11-12H,1-2,5,7-9,17H2,(H,18,20). The van der Waals surface area contributed by atoms with Crippen molar-refractivity contribution in [3.63, 3.8) is 0 Å². The molecule has 1 aromatic carbocycles. The van der Waals surface area contributed by atoms with E-state index in [1.807, 2.05) is 6.07 Å². The number of amides is 1. The van der Waals surface area contributed by atoms with Crippen molar-refractivity contribution in [2.45, 2.75) is 25.0 Å². The van der Waals surface area contributed by atoms with Gasteiger partial charge in [-0.2, -0.15) is 0 Å². The predicted molar refractivity (Wildman–Crippen MR) is 85.2 cm³/mol. The van der Waals surface area contributed by atoms with Crippen LogP contribution in [0.2, 0.25) is 0 Å². The van der Waals surface area contributed by atoms with Crippen LogP contribution in [-0.2, 0) is 4.74 Å². The van der Waals surface area contributed by atoms with Gasteiger partial charge < -0.3 is 15.8 Å². The van der Waals surface area contributed by atoms with Gasteiger partial charge in [0.05, 0.1) is 18.3 Å². The molecule has 0 saturated carbocycles. The van der Waals surface area contributed by atoms with Gasteiger partial charge in [0.1, 0.15) is 0 Å². The first-order valence-corrected chi connectivity index (χ1v) is 8.11. The fraction of sp³-hybridized carbons (Fsp3) is 0.533.